The third-order valence-corrected chi connectivity index (χ3v) is 6.94. The van der Waals surface area contributed by atoms with Gasteiger partial charge in [-0.1, -0.05) is 0 Å². The Hall–Kier alpha value is -0.0631. The Morgan fingerprint density at radius 1 is 1.00 bits per heavy atom. The molecule has 3 saturated heterocycles. The third-order valence-electron chi connectivity index (χ3n) is 4.94. The minimum atomic E-state index is -3.08. The van der Waals surface area contributed by atoms with Gasteiger partial charge in [0.05, 0.1) is 25.9 Å². The molecule has 8 heteroatoms. The number of hydrogen-bond acceptors (Lipinski definition) is 7. The second-order valence-electron chi connectivity index (χ2n) is 5.63. The normalized spacial score (nSPS) is 39.3. The smallest absolute Gasteiger partial charge is 0.375 e. The lowest BCUT2D eigenvalue weighted by molar-refractivity contribution is -0.367. The van der Waals surface area contributed by atoms with Crippen LogP contribution < -0.4 is 0 Å². The molecule has 3 aliphatic heterocycles. The van der Waals surface area contributed by atoms with Crippen LogP contribution >= 0.6 is 0 Å². The van der Waals surface area contributed by atoms with E-state index in [1.54, 1.807) is 0 Å². The second kappa shape index (κ2) is 5.86. The zero-order valence-electron chi connectivity index (χ0n) is 12.9. The van der Waals surface area contributed by atoms with E-state index in [2.05, 4.69) is 0 Å². The zero-order chi connectivity index (χ0) is 15.0. The van der Waals surface area contributed by atoms with Crippen LogP contribution in [-0.2, 0) is 31.9 Å². The van der Waals surface area contributed by atoms with Gasteiger partial charge < -0.3 is 31.9 Å². The summed E-state index contributed by atoms with van der Waals surface area (Å²) < 4.78 is 39.4. The second-order valence-corrected chi connectivity index (χ2v) is 8.14. The first kappa shape index (κ1) is 15.8. The Labute approximate surface area is 126 Å². The molecule has 3 fully saturated rings. The molecule has 0 radical (unpaired) electrons. The SMILES string of the molecule is CO[Si](OC)(OC)OCC1(C2(C3CCO3)CCO2)CCO1. The predicted molar refractivity (Wildman–Crippen MR) is 73.7 cm³/mol. The quantitative estimate of drug-likeness (QED) is 0.603. The first-order chi connectivity index (χ1) is 10.2. The van der Waals surface area contributed by atoms with Gasteiger partial charge in [0, 0.05) is 40.8 Å². The minimum absolute atomic E-state index is 0.0962. The van der Waals surface area contributed by atoms with Gasteiger partial charge in [-0.25, -0.2) is 0 Å². The first-order valence-electron chi connectivity index (χ1n) is 7.35. The molecule has 0 aromatic rings. The van der Waals surface area contributed by atoms with Gasteiger partial charge in [-0.3, -0.25) is 0 Å². The van der Waals surface area contributed by atoms with Gasteiger partial charge in [-0.15, -0.1) is 0 Å². The van der Waals surface area contributed by atoms with Crippen molar-refractivity contribution in [2.45, 2.75) is 36.6 Å². The molecule has 3 heterocycles. The Balaban J connectivity index is 1.71. The highest BCUT2D eigenvalue weighted by Crippen LogP contribution is 2.52. The summed E-state index contributed by atoms with van der Waals surface area (Å²) >= 11 is 0. The zero-order valence-corrected chi connectivity index (χ0v) is 13.9. The van der Waals surface area contributed by atoms with Crippen LogP contribution in [0.2, 0.25) is 0 Å². The molecule has 3 atom stereocenters. The van der Waals surface area contributed by atoms with Gasteiger partial charge in [0.25, 0.3) is 0 Å². The lowest BCUT2D eigenvalue weighted by Gasteiger charge is -2.63. The largest absolute Gasteiger partial charge is 0.679 e. The molecule has 0 spiro atoms. The molecule has 3 rings (SSSR count). The van der Waals surface area contributed by atoms with Crippen LogP contribution in [-0.4, -0.2) is 74.1 Å². The highest BCUT2D eigenvalue weighted by atomic mass is 28.4. The maximum Gasteiger partial charge on any atom is 0.679 e. The van der Waals surface area contributed by atoms with Crippen LogP contribution in [0.15, 0.2) is 0 Å². The number of hydrogen-bond donors (Lipinski definition) is 0. The summed E-state index contributed by atoms with van der Waals surface area (Å²) in [4.78, 5) is 0. The van der Waals surface area contributed by atoms with Gasteiger partial charge in [0.15, 0.2) is 0 Å². The molecule has 3 aliphatic rings. The van der Waals surface area contributed by atoms with Crippen molar-refractivity contribution in [1.29, 1.82) is 0 Å². The molecule has 0 N–H and O–H groups in total. The predicted octanol–water partition coefficient (Wildman–Crippen LogP) is 0.485. The van der Waals surface area contributed by atoms with Gasteiger partial charge in [0.2, 0.25) is 0 Å². The molecule has 0 saturated carbocycles. The molecule has 0 bridgehead atoms. The van der Waals surface area contributed by atoms with Crippen LogP contribution in [0.1, 0.15) is 19.3 Å². The van der Waals surface area contributed by atoms with Crippen molar-refractivity contribution < 1.29 is 31.9 Å². The van der Waals surface area contributed by atoms with Crippen LogP contribution in [0.4, 0.5) is 0 Å². The van der Waals surface area contributed by atoms with Crippen molar-refractivity contribution in [3.63, 3.8) is 0 Å². The fraction of sp³-hybridized carbons (Fsp3) is 1.00. The monoisotopic (exact) mass is 320 g/mol. The molecular formula is C13H24O7Si. The maximum absolute atomic E-state index is 5.96. The van der Waals surface area contributed by atoms with Crippen molar-refractivity contribution in [2.75, 3.05) is 47.8 Å². The van der Waals surface area contributed by atoms with E-state index in [4.69, 9.17) is 31.9 Å². The Morgan fingerprint density at radius 2 is 1.57 bits per heavy atom. The summed E-state index contributed by atoms with van der Waals surface area (Å²) in [5.74, 6) is 0. The molecular weight excluding hydrogens is 296 g/mol. The van der Waals surface area contributed by atoms with Crippen LogP contribution in [0.3, 0.4) is 0 Å². The summed E-state index contributed by atoms with van der Waals surface area (Å²) in [7, 11) is 1.50. The summed E-state index contributed by atoms with van der Waals surface area (Å²) in [5, 5.41) is 0. The van der Waals surface area contributed by atoms with Crippen LogP contribution in [0.25, 0.3) is 0 Å². The van der Waals surface area contributed by atoms with Gasteiger partial charge in [-0.2, -0.15) is 0 Å². The topological polar surface area (TPSA) is 64.6 Å². The molecule has 0 amide bonds. The summed E-state index contributed by atoms with van der Waals surface area (Å²) in [6.45, 7) is 2.57. The average molecular weight is 320 g/mol. The summed E-state index contributed by atoms with van der Waals surface area (Å²) in [6, 6.07) is 0. The summed E-state index contributed by atoms with van der Waals surface area (Å²) in [5.41, 5.74) is -0.872. The van der Waals surface area contributed by atoms with Crippen molar-refractivity contribution >= 4 is 9.05 Å². The van der Waals surface area contributed by atoms with E-state index in [-0.39, 0.29) is 6.10 Å². The van der Waals surface area contributed by atoms with E-state index in [1.165, 1.54) is 21.3 Å². The van der Waals surface area contributed by atoms with E-state index in [0.29, 0.717) is 13.2 Å². The fourth-order valence-corrected chi connectivity index (χ4v) is 4.65. The molecule has 0 aromatic heterocycles. The highest BCUT2D eigenvalue weighted by Gasteiger charge is 2.67. The lowest BCUT2D eigenvalue weighted by Crippen LogP contribution is -2.76. The van der Waals surface area contributed by atoms with E-state index in [0.717, 1.165) is 32.5 Å². The van der Waals surface area contributed by atoms with Crippen LogP contribution in [0.5, 0.6) is 0 Å². The van der Waals surface area contributed by atoms with Gasteiger partial charge in [-0.05, 0) is 6.42 Å². The number of ether oxygens (including phenoxy) is 3. The Morgan fingerprint density at radius 3 is 1.86 bits per heavy atom. The van der Waals surface area contributed by atoms with Crippen molar-refractivity contribution in [3.05, 3.63) is 0 Å². The van der Waals surface area contributed by atoms with Gasteiger partial charge in [0.1, 0.15) is 11.2 Å². The lowest BCUT2D eigenvalue weighted by atomic mass is 9.68. The van der Waals surface area contributed by atoms with E-state index in [9.17, 15) is 0 Å². The van der Waals surface area contributed by atoms with Crippen molar-refractivity contribution in [3.8, 4) is 0 Å². The minimum Gasteiger partial charge on any atom is -0.375 e. The fourth-order valence-electron chi connectivity index (χ4n) is 3.38. The van der Waals surface area contributed by atoms with E-state index >= 15 is 0 Å². The van der Waals surface area contributed by atoms with E-state index < -0.39 is 20.3 Å². The molecule has 3 unspecified atom stereocenters. The maximum atomic E-state index is 5.96. The van der Waals surface area contributed by atoms with Gasteiger partial charge >= 0.3 is 9.05 Å². The average Bonchev–Trinajstić information content (AvgIpc) is 2.37. The first-order valence-corrected chi connectivity index (χ1v) is 8.98. The Kier molecular flexibility index (Phi) is 4.41. The molecule has 122 valence electrons. The molecule has 21 heavy (non-hydrogen) atoms. The molecule has 7 nitrogen and oxygen atoms in total. The van der Waals surface area contributed by atoms with Crippen molar-refractivity contribution in [1.82, 2.24) is 0 Å². The highest BCUT2D eigenvalue weighted by molar-refractivity contribution is 6.53. The third kappa shape index (κ3) is 2.29. The van der Waals surface area contributed by atoms with E-state index in [1.807, 2.05) is 0 Å². The molecule has 0 aliphatic carbocycles. The number of rotatable bonds is 8. The van der Waals surface area contributed by atoms with Crippen molar-refractivity contribution in [2.24, 2.45) is 0 Å². The van der Waals surface area contributed by atoms with Crippen LogP contribution in [0, 0.1) is 0 Å². The standard InChI is InChI=1S/C13H24O7Si/c1-14-21(15-2,16-3)20-10-12(5-8-18-12)13(6-9-19-13)11-4-7-17-11/h11H,4-10H2,1-3H3. The summed E-state index contributed by atoms with van der Waals surface area (Å²) in [6.07, 6.45) is 2.92. The Bertz CT molecular complexity index is 353. The molecule has 0 aromatic carbocycles.